The minimum absolute atomic E-state index is 0.0425. The number of rotatable bonds is 3. The van der Waals surface area contributed by atoms with Gasteiger partial charge in [0.1, 0.15) is 11.9 Å². The van der Waals surface area contributed by atoms with Crippen LogP contribution in [0.1, 0.15) is 30.2 Å². The molecule has 7 nitrogen and oxygen atoms in total. The van der Waals surface area contributed by atoms with Crippen LogP contribution in [-0.2, 0) is 11.8 Å². The summed E-state index contributed by atoms with van der Waals surface area (Å²) < 4.78 is 7.75. The average molecular weight is 315 g/mol. The van der Waals surface area contributed by atoms with Crippen molar-refractivity contribution in [3.63, 3.8) is 0 Å². The Kier molecular flexibility index (Phi) is 4.57. The Hall–Kier alpha value is -2.41. The molecule has 2 amide bonds. The van der Waals surface area contributed by atoms with Crippen LogP contribution in [0.2, 0.25) is 0 Å². The summed E-state index contributed by atoms with van der Waals surface area (Å²) in [6.07, 6.45) is 6.77. The van der Waals surface area contributed by atoms with Crippen LogP contribution in [0.25, 0.3) is 0 Å². The summed E-state index contributed by atoms with van der Waals surface area (Å²) >= 11 is 0. The van der Waals surface area contributed by atoms with Gasteiger partial charge in [0.2, 0.25) is 0 Å². The van der Waals surface area contributed by atoms with Gasteiger partial charge < -0.3 is 14.6 Å². The van der Waals surface area contributed by atoms with Gasteiger partial charge in [0.05, 0.1) is 18.2 Å². The zero-order valence-electron chi connectivity index (χ0n) is 13.3. The second kappa shape index (κ2) is 6.78. The van der Waals surface area contributed by atoms with Crippen LogP contribution in [0, 0.1) is 6.92 Å². The number of ether oxygens (including phenoxy) is 1. The zero-order valence-corrected chi connectivity index (χ0v) is 13.3. The molecule has 2 aromatic rings. The van der Waals surface area contributed by atoms with Gasteiger partial charge in [0, 0.05) is 25.9 Å². The van der Waals surface area contributed by atoms with E-state index in [0.717, 1.165) is 24.1 Å². The first kappa shape index (κ1) is 15.5. The lowest BCUT2D eigenvalue weighted by molar-refractivity contribution is -0.00151. The van der Waals surface area contributed by atoms with Gasteiger partial charge in [-0.25, -0.2) is 14.8 Å². The molecule has 2 aromatic heterocycles. The van der Waals surface area contributed by atoms with Gasteiger partial charge >= 0.3 is 6.03 Å². The van der Waals surface area contributed by atoms with Gasteiger partial charge in [-0.2, -0.15) is 0 Å². The summed E-state index contributed by atoms with van der Waals surface area (Å²) in [7, 11) is 1.94. The van der Waals surface area contributed by atoms with E-state index in [4.69, 9.17) is 4.74 Å². The lowest BCUT2D eigenvalue weighted by Crippen LogP contribution is -2.42. The van der Waals surface area contributed by atoms with Crippen molar-refractivity contribution in [2.45, 2.75) is 31.9 Å². The van der Waals surface area contributed by atoms with Crippen LogP contribution in [0.3, 0.4) is 0 Å². The number of nitrogens with one attached hydrogen (secondary N) is 2. The van der Waals surface area contributed by atoms with E-state index >= 15 is 0 Å². The number of urea groups is 1. The predicted octanol–water partition coefficient (Wildman–Crippen LogP) is 2.17. The molecule has 122 valence electrons. The first-order chi connectivity index (χ1) is 11.1. The van der Waals surface area contributed by atoms with E-state index in [2.05, 4.69) is 20.6 Å². The minimum atomic E-state index is -0.239. The van der Waals surface area contributed by atoms with Crippen molar-refractivity contribution in [3.8, 4) is 0 Å². The maximum absolute atomic E-state index is 12.1. The topological polar surface area (TPSA) is 81.1 Å². The summed E-state index contributed by atoms with van der Waals surface area (Å²) in [5.74, 6) is 0.545. The summed E-state index contributed by atoms with van der Waals surface area (Å²) in [6.45, 7) is 2.57. The standard InChI is InChI=1S/C16H21N5O2/c1-11-3-4-15(18-8-11)20-16(22)19-12-5-6-23-14(7-12)13-9-17-10-21(13)2/h3-4,8-10,12,14H,5-7H2,1-2H3,(H2,18,19,20,22)/t12-,14+/m0/s1. The van der Waals surface area contributed by atoms with Gasteiger partial charge in [-0.3, -0.25) is 5.32 Å². The van der Waals surface area contributed by atoms with Crippen LogP contribution >= 0.6 is 0 Å². The van der Waals surface area contributed by atoms with E-state index in [1.165, 1.54) is 0 Å². The second-order valence-electron chi connectivity index (χ2n) is 5.83. The number of nitrogens with zero attached hydrogens (tertiary/aromatic N) is 3. The van der Waals surface area contributed by atoms with Crippen LogP contribution < -0.4 is 10.6 Å². The molecule has 0 spiro atoms. The van der Waals surface area contributed by atoms with E-state index in [9.17, 15) is 4.79 Å². The van der Waals surface area contributed by atoms with Crippen LogP contribution in [0.15, 0.2) is 30.9 Å². The molecule has 0 unspecified atom stereocenters. The number of carbonyl (C=O) groups is 1. The highest BCUT2D eigenvalue weighted by Crippen LogP contribution is 2.27. The number of carbonyl (C=O) groups excluding carboxylic acids is 1. The Labute approximate surface area is 135 Å². The Bertz CT molecular complexity index is 667. The molecular formula is C16H21N5O2. The van der Waals surface area contributed by atoms with Crippen molar-refractivity contribution in [1.29, 1.82) is 0 Å². The SMILES string of the molecule is Cc1ccc(NC(=O)N[C@H]2CCO[C@@H](c3cncn3C)C2)nc1. The van der Waals surface area contributed by atoms with Crippen molar-refractivity contribution >= 4 is 11.8 Å². The molecule has 0 aliphatic carbocycles. The molecule has 0 radical (unpaired) electrons. The molecule has 1 saturated heterocycles. The monoisotopic (exact) mass is 315 g/mol. The van der Waals surface area contributed by atoms with Crippen molar-refractivity contribution in [2.24, 2.45) is 7.05 Å². The largest absolute Gasteiger partial charge is 0.372 e. The molecule has 1 aliphatic rings. The average Bonchev–Trinajstić information content (AvgIpc) is 2.96. The molecule has 0 aromatic carbocycles. The van der Waals surface area contributed by atoms with Crippen molar-refractivity contribution < 1.29 is 9.53 Å². The van der Waals surface area contributed by atoms with E-state index in [1.807, 2.05) is 30.8 Å². The molecule has 3 rings (SSSR count). The fourth-order valence-corrected chi connectivity index (χ4v) is 2.69. The minimum Gasteiger partial charge on any atom is -0.372 e. The molecule has 1 aliphatic heterocycles. The molecule has 3 heterocycles. The summed E-state index contributed by atoms with van der Waals surface area (Å²) in [6, 6.07) is 3.53. The van der Waals surface area contributed by atoms with Crippen molar-refractivity contribution in [1.82, 2.24) is 19.9 Å². The Morgan fingerprint density at radius 1 is 1.39 bits per heavy atom. The number of aromatic nitrogens is 3. The predicted molar refractivity (Wildman–Crippen MR) is 86.1 cm³/mol. The number of amides is 2. The Balaban J connectivity index is 1.56. The highest BCUT2D eigenvalue weighted by molar-refractivity contribution is 5.88. The van der Waals surface area contributed by atoms with E-state index in [0.29, 0.717) is 12.4 Å². The van der Waals surface area contributed by atoms with Crippen LogP contribution in [0.4, 0.5) is 10.6 Å². The number of anilines is 1. The maximum atomic E-state index is 12.1. The first-order valence-electron chi connectivity index (χ1n) is 7.70. The van der Waals surface area contributed by atoms with Gasteiger partial charge in [-0.1, -0.05) is 6.07 Å². The lowest BCUT2D eigenvalue weighted by atomic mass is 10.0. The van der Waals surface area contributed by atoms with E-state index in [-0.39, 0.29) is 18.2 Å². The van der Waals surface area contributed by atoms with Crippen molar-refractivity contribution in [3.05, 3.63) is 42.1 Å². The van der Waals surface area contributed by atoms with Crippen molar-refractivity contribution in [2.75, 3.05) is 11.9 Å². The Morgan fingerprint density at radius 3 is 2.96 bits per heavy atom. The summed E-state index contributed by atoms with van der Waals surface area (Å²) in [5.41, 5.74) is 2.08. The maximum Gasteiger partial charge on any atom is 0.320 e. The molecule has 2 atom stereocenters. The van der Waals surface area contributed by atoms with Crippen LogP contribution in [0.5, 0.6) is 0 Å². The highest BCUT2D eigenvalue weighted by atomic mass is 16.5. The normalized spacial score (nSPS) is 21.0. The summed E-state index contributed by atoms with van der Waals surface area (Å²) in [4.78, 5) is 20.4. The fourth-order valence-electron chi connectivity index (χ4n) is 2.69. The van der Waals surface area contributed by atoms with Gasteiger partial charge in [0.25, 0.3) is 0 Å². The highest BCUT2D eigenvalue weighted by Gasteiger charge is 2.26. The third kappa shape index (κ3) is 3.87. The molecular weight excluding hydrogens is 294 g/mol. The lowest BCUT2D eigenvalue weighted by Gasteiger charge is -2.30. The number of hydrogen-bond donors (Lipinski definition) is 2. The number of aryl methyl sites for hydroxylation is 2. The number of hydrogen-bond acceptors (Lipinski definition) is 4. The quantitative estimate of drug-likeness (QED) is 0.909. The molecule has 1 fully saturated rings. The fraction of sp³-hybridized carbons (Fsp3) is 0.438. The molecule has 7 heteroatoms. The van der Waals surface area contributed by atoms with Gasteiger partial charge in [-0.15, -0.1) is 0 Å². The van der Waals surface area contributed by atoms with Crippen LogP contribution in [-0.4, -0.2) is 33.2 Å². The summed E-state index contributed by atoms with van der Waals surface area (Å²) in [5, 5.41) is 5.75. The third-order valence-corrected chi connectivity index (χ3v) is 3.96. The zero-order chi connectivity index (χ0) is 16.2. The third-order valence-electron chi connectivity index (χ3n) is 3.96. The van der Waals surface area contributed by atoms with Gasteiger partial charge in [-0.05, 0) is 31.4 Å². The molecule has 0 saturated carbocycles. The first-order valence-corrected chi connectivity index (χ1v) is 7.70. The van der Waals surface area contributed by atoms with Gasteiger partial charge in [0.15, 0.2) is 0 Å². The number of imidazole rings is 1. The van der Waals surface area contributed by atoms with E-state index in [1.54, 1.807) is 18.6 Å². The van der Waals surface area contributed by atoms with E-state index < -0.39 is 0 Å². The molecule has 0 bridgehead atoms. The number of pyridine rings is 1. The smallest absolute Gasteiger partial charge is 0.320 e. The molecule has 23 heavy (non-hydrogen) atoms. The second-order valence-corrected chi connectivity index (χ2v) is 5.83. The molecule has 2 N–H and O–H groups in total. The Morgan fingerprint density at radius 2 is 2.26 bits per heavy atom.